The van der Waals surface area contributed by atoms with Crippen LogP contribution in [0.15, 0.2) is 11.4 Å². The lowest BCUT2D eigenvalue weighted by Gasteiger charge is -2.22. The Labute approximate surface area is 96.9 Å². The van der Waals surface area contributed by atoms with Gasteiger partial charge in [0.05, 0.1) is 0 Å². The molecule has 1 rings (SSSR count). The number of rotatable bonds is 6. The zero-order chi connectivity index (χ0) is 11.3. The minimum atomic E-state index is 0.213. The van der Waals surface area contributed by atoms with Gasteiger partial charge in [-0.1, -0.05) is 13.8 Å². The van der Waals surface area contributed by atoms with Crippen molar-refractivity contribution in [1.82, 2.24) is 5.32 Å². The SMILES string of the molecule is Cc1ccsc1CCNCC(C)(C)CN. The average molecular weight is 226 g/mol. The van der Waals surface area contributed by atoms with Crippen molar-refractivity contribution >= 4 is 11.3 Å². The van der Waals surface area contributed by atoms with Crippen molar-refractivity contribution in [2.75, 3.05) is 19.6 Å². The molecule has 0 saturated heterocycles. The van der Waals surface area contributed by atoms with Crippen LogP contribution in [0.5, 0.6) is 0 Å². The number of hydrogen-bond acceptors (Lipinski definition) is 3. The molecule has 15 heavy (non-hydrogen) atoms. The number of aryl methyl sites for hydroxylation is 1. The topological polar surface area (TPSA) is 38.0 Å². The highest BCUT2D eigenvalue weighted by Gasteiger charge is 2.14. The lowest BCUT2D eigenvalue weighted by molar-refractivity contribution is 0.353. The van der Waals surface area contributed by atoms with Crippen molar-refractivity contribution in [3.63, 3.8) is 0 Å². The highest BCUT2D eigenvalue weighted by atomic mass is 32.1. The van der Waals surface area contributed by atoms with Crippen LogP contribution >= 0.6 is 11.3 Å². The maximum Gasteiger partial charge on any atom is 0.00870 e. The lowest BCUT2D eigenvalue weighted by Crippen LogP contribution is -2.36. The number of thiophene rings is 1. The van der Waals surface area contributed by atoms with Crippen molar-refractivity contribution in [2.24, 2.45) is 11.1 Å². The number of nitrogens with one attached hydrogen (secondary N) is 1. The average Bonchev–Trinajstić information content (AvgIpc) is 2.59. The van der Waals surface area contributed by atoms with E-state index in [9.17, 15) is 0 Å². The summed E-state index contributed by atoms with van der Waals surface area (Å²) < 4.78 is 0. The minimum absolute atomic E-state index is 0.213. The van der Waals surface area contributed by atoms with Crippen molar-refractivity contribution in [3.05, 3.63) is 21.9 Å². The molecule has 1 aromatic rings. The van der Waals surface area contributed by atoms with E-state index in [1.807, 2.05) is 11.3 Å². The Morgan fingerprint density at radius 1 is 1.47 bits per heavy atom. The molecule has 0 aliphatic carbocycles. The van der Waals surface area contributed by atoms with Gasteiger partial charge in [-0.25, -0.2) is 0 Å². The highest BCUT2D eigenvalue weighted by molar-refractivity contribution is 7.10. The summed E-state index contributed by atoms with van der Waals surface area (Å²) >= 11 is 1.85. The summed E-state index contributed by atoms with van der Waals surface area (Å²) in [5.41, 5.74) is 7.30. The van der Waals surface area contributed by atoms with Crippen molar-refractivity contribution in [2.45, 2.75) is 27.2 Å². The summed E-state index contributed by atoms with van der Waals surface area (Å²) in [6.45, 7) is 9.33. The van der Waals surface area contributed by atoms with E-state index >= 15 is 0 Å². The third kappa shape index (κ3) is 4.33. The second-order valence-electron chi connectivity index (χ2n) is 4.82. The number of hydrogen-bond donors (Lipinski definition) is 2. The Hall–Kier alpha value is -0.380. The van der Waals surface area contributed by atoms with Crippen molar-refractivity contribution < 1.29 is 0 Å². The van der Waals surface area contributed by atoms with Gasteiger partial charge in [0.15, 0.2) is 0 Å². The van der Waals surface area contributed by atoms with Gasteiger partial charge in [0.1, 0.15) is 0 Å². The zero-order valence-electron chi connectivity index (χ0n) is 9.97. The largest absolute Gasteiger partial charge is 0.330 e. The van der Waals surface area contributed by atoms with Crippen LogP contribution in [-0.2, 0) is 6.42 Å². The first-order chi connectivity index (χ1) is 7.05. The molecule has 0 spiro atoms. The van der Waals surface area contributed by atoms with Gasteiger partial charge in [0.2, 0.25) is 0 Å². The molecule has 1 heterocycles. The van der Waals surface area contributed by atoms with Crippen LogP contribution in [0.25, 0.3) is 0 Å². The maximum absolute atomic E-state index is 5.67. The molecule has 1 aromatic heterocycles. The Balaban J connectivity index is 2.20. The van der Waals surface area contributed by atoms with E-state index in [1.54, 1.807) is 0 Å². The van der Waals surface area contributed by atoms with Crippen molar-refractivity contribution in [3.8, 4) is 0 Å². The molecule has 0 fully saturated rings. The molecular weight excluding hydrogens is 204 g/mol. The molecule has 2 nitrogen and oxygen atoms in total. The predicted octanol–water partition coefficient (Wildman–Crippen LogP) is 2.17. The molecule has 0 atom stereocenters. The second-order valence-corrected chi connectivity index (χ2v) is 5.82. The minimum Gasteiger partial charge on any atom is -0.330 e. The first-order valence-electron chi connectivity index (χ1n) is 5.49. The Morgan fingerprint density at radius 3 is 2.73 bits per heavy atom. The van der Waals surface area contributed by atoms with Gasteiger partial charge in [-0.3, -0.25) is 0 Å². The summed E-state index contributed by atoms with van der Waals surface area (Å²) in [4.78, 5) is 1.49. The van der Waals surface area contributed by atoms with E-state index in [-0.39, 0.29) is 5.41 Å². The first kappa shape index (κ1) is 12.7. The van der Waals surface area contributed by atoms with Gasteiger partial charge < -0.3 is 11.1 Å². The quantitative estimate of drug-likeness (QED) is 0.730. The van der Waals surface area contributed by atoms with Crippen LogP contribution in [0.1, 0.15) is 24.3 Å². The van der Waals surface area contributed by atoms with Crippen LogP contribution in [0.4, 0.5) is 0 Å². The summed E-state index contributed by atoms with van der Waals surface area (Å²) in [7, 11) is 0. The fraction of sp³-hybridized carbons (Fsp3) is 0.667. The second kappa shape index (κ2) is 5.64. The number of nitrogens with two attached hydrogens (primary N) is 1. The van der Waals surface area contributed by atoms with Gasteiger partial charge in [0.25, 0.3) is 0 Å². The predicted molar refractivity (Wildman–Crippen MR) is 68.5 cm³/mol. The van der Waals surface area contributed by atoms with Gasteiger partial charge in [0, 0.05) is 11.4 Å². The van der Waals surface area contributed by atoms with E-state index in [1.165, 1.54) is 10.4 Å². The molecule has 0 aliphatic rings. The third-order valence-corrected chi connectivity index (χ3v) is 3.74. The lowest BCUT2D eigenvalue weighted by atomic mass is 9.94. The van der Waals surface area contributed by atoms with Gasteiger partial charge in [-0.2, -0.15) is 0 Å². The molecule has 3 N–H and O–H groups in total. The van der Waals surface area contributed by atoms with Gasteiger partial charge in [-0.05, 0) is 48.9 Å². The summed E-state index contributed by atoms with van der Waals surface area (Å²) in [6.07, 6.45) is 1.13. The van der Waals surface area contributed by atoms with Crippen LogP contribution in [0.2, 0.25) is 0 Å². The molecule has 0 saturated carbocycles. The van der Waals surface area contributed by atoms with E-state index in [4.69, 9.17) is 5.73 Å². The van der Waals surface area contributed by atoms with Crippen LogP contribution < -0.4 is 11.1 Å². The van der Waals surface area contributed by atoms with E-state index < -0.39 is 0 Å². The molecule has 0 bridgehead atoms. The molecule has 0 amide bonds. The Kier molecular flexibility index (Phi) is 4.77. The summed E-state index contributed by atoms with van der Waals surface area (Å²) in [5, 5.41) is 5.63. The monoisotopic (exact) mass is 226 g/mol. The Bertz CT molecular complexity index is 292. The van der Waals surface area contributed by atoms with Crippen LogP contribution in [-0.4, -0.2) is 19.6 Å². The van der Waals surface area contributed by atoms with Crippen LogP contribution in [0, 0.1) is 12.3 Å². The fourth-order valence-electron chi connectivity index (χ4n) is 1.36. The fourth-order valence-corrected chi connectivity index (χ4v) is 2.27. The van der Waals surface area contributed by atoms with Crippen LogP contribution in [0.3, 0.4) is 0 Å². The molecule has 0 unspecified atom stereocenters. The summed E-state index contributed by atoms with van der Waals surface area (Å²) in [5.74, 6) is 0. The van der Waals surface area contributed by atoms with E-state index in [2.05, 4.69) is 37.5 Å². The summed E-state index contributed by atoms with van der Waals surface area (Å²) in [6, 6.07) is 2.18. The molecule has 0 aromatic carbocycles. The third-order valence-electron chi connectivity index (χ3n) is 2.65. The zero-order valence-corrected chi connectivity index (χ0v) is 10.8. The standard InChI is InChI=1S/C12H22N2S/c1-10-5-7-15-11(10)4-6-14-9-12(2,3)8-13/h5,7,14H,4,6,8-9,13H2,1-3H3. The first-order valence-corrected chi connectivity index (χ1v) is 6.37. The normalized spacial score (nSPS) is 12.0. The van der Waals surface area contributed by atoms with Gasteiger partial charge >= 0.3 is 0 Å². The van der Waals surface area contributed by atoms with E-state index in [0.717, 1.165) is 26.1 Å². The van der Waals surface area contributed by atoms with Crippen molar-refractivity contribution in [1.29, 1.82) is 0 Å². The Morgan fingerprint density at radius 2 is 2.20 bits per heavy atom. The van der Waals surface area contributed by atoms with Gasteiger partial charge in [-0.15, -0.1) is 11.3 Å². The molecule has 3 heteroatoms. The highest BCUT2D eigenvalue weighted by Crippen LogP contribution is 2.15. The molecule has 0 aliphatic heterocycles. The smallest absolute Gasteiger partial charge is 0.00870 e. The molecule has 86 valence electrons. The van der Waals surface area contributed by atoms with E-state index in [0.29, 0.717) is 0 Å². The molecule has 0 radical (unpaired) electrons. The molecular formula is C12H22N2S. The maximum atomic E-state index is 5.67.